The lowest BCUT2D eigenvalue weighted by atomic mass is 9.96. The first-order valence-electron chi connectivity index (χ1n) is 8.68. The summed E-state index contributed by atoms with van der Waals surface area (Å²) in [5.74, 6) is -0.310. The zero-order valence-corrected chi connectivity index (χ0v) is 15.4. The molecule has 2 N–H and O–H groups in total. The van der Waals surface area contributed by atoms with Crippen molar-refractivity contribution in [2.45, 2.75) is 12.8 Å². The number of hydrogen-bond acceptors (Lipinski definition) is 3. The Morgan fingerprint density at radius 1 is 1.00 bits per heavy atom. The van der Waals surface area contributed by atoms with E-state index in [0.717, 1.165) is 25.9 Å². The predicted molar refractivity (Wildman–Crippen MR) is 105 cm³/mol. The highest BCUT2D eigenvalue weighted by Crippen LogP contribution is 2.22. The second kappa shape index (κ2) is 8.34. The van der Waals surface area contributed by atoms with Crippen LogP contribution in [-0.4, -0.2) is 36.9 Å². The van der Waals surface area contributed by atoms with Crippen LogP contribution in [0.2, 0.25) is 5.02 Å². The second-order valence-corrected chi connectivity index (χ2v) is 7.01. The third kappa shape index (κ3) is 4.62. The first kappa shape index (κ1) is 18.4. The second-order valence-electron chi connectivity index (χ2n) is 6.57. The smallest absolute Gasteiger partial charge is 0.257 e. The molecular formula is C20H22ClN3O2. The Labute approximate surface area is 158 Å². The van der Waals surface area contributed by atoms with Crippen molar-refractivity contribution in [3.8, 4) is 0 Å². The van der Waals surface area contributed by atoms with Crippen LogP contribution in [0.15, 0.2) is 48.5 Å². The lowest BCUT2D eigenvalue weighted by Crippen LogP contribution is -2.36. The van der Waals surface area contributed by atoms with Crippen molar-refractivity contribution in [3.63, 3.8) is 0 Å². The maximum atomic E-state index is 12.6. The zero-order valence-electron chi connectivity index (χ0n) is 14.7. The number of piperidine rings is 1. The van der Waals surface area contributed by atoms with Crippen molar-refractivity contribution in [1.82, 2.24) is 4.90 Å². The maximum Gasteiger partial charge on any atom is 0.257 e. The van der Waals surface area contributed by atoms with Crippen molar-refractivity contribution in [3.05, 3.63) is 59.1 Å². The molecule has 3 rings (SSSR count). The van der Waals surface area contributed by atoms with Crippen LogP contribution in [0.25, 0.3) is 0 Å². The molecule has 2 aromatic rings. The van der Waals surface area contributed by atoms with Gasteiger partial charge in [0.2, 0.25) is 5.91 Å². The number of amides is 2. The molecule has 0 aliphatic carbocycles. The number of para-hydroxylation sites is 1. The molecule has 0 atom stereocenters. The van der Waals surface area contributed by atoms with E-state index in [4.69, 9.17) is 11.6 Å². The van der Waals surface area contributed by atoms with Crippen molar-refractivity contribution < 1.29 is 9.59 Å². The summed E-state index contributed by atoms with van der Waals surface area (Å²) in [5.41, 5.74) is 1.61. The monoisotopic (exact) mass is 371 g/mol. The van der Waals surface area contributed by atoms with Gasteiger partial charge in [0.15, 0.2) is 0 Å². The SMILES string of the molecule is CN1CCC(C(=O)Nc2ccccc2C(=O)Nc2ccc(Cl)cc2)CC1. The Kier molecular flexibility index (Phi) is 5.91. The minimum atomic E-state index is -0.272. The van der Waals surface area contributed by atoms with Crippen LogP contribution in [0.3, 0.4) is 0 Å². The minimum Gasteiger partial charge on any atom is -0.325 e. The van der Waals surface area contributed by atoms with Gasteiger partial charge in [0.05, 0.1) is 11.3 Å². The van der Waals surface area contributed by atoms with Gasteiger partial charge >= 0.3 is 0 Å². The zero-order chi connectivity index (χ0) is 18.5. The van der Waals surface area contributed by atoms with Gasteiger partial charge in [0.1, 0.15) is 0 Å². The summed E-state index contributed by atoms with van der Waals surface area (Å²) in [6.07, 6.45) is 1.67. The molecule has 26 heavy (non-hydrogen) atoms. The average molecular weight is 372 g/mol. The van der Waals surface area contributed by atoms with E-state index in [9.17, 15) is 9.59 Å². The number of benzene rings is 2. The van der Waals surface area contributed by atoms with Crippen LogP contribution < -0.4 is 10.6 Å². The van der Waals surface area contributed by atoms with E-state index in [2.05, 4.69) is 22.6 Å². The number of hydrogen-bond donors (Lipinski definition) is 2. The highest BCUT2D eigenvalue weighted by molar-refractivity contribution is 6.30. The Morgan fingerprint density at radius 3 is 2.35 bits per heavy atom. The number of likely N-dealkylation sites (tertiary alicyclic amines) is 1. The van der Waals surface area contributed by atoms with Crippen molar-refractivity contribution in [2.24, 2.45) is 5.92 Å². The first-order valence-corrected chi connectivity index (χ1v) is 9.06. The third-order valence-corrected chi connectivity index (χ3v) is 4.87. The molecule has 1 fully saturated rings. The van der Waals surface area contributed by atoms with Crippen LogP contribution in [0.4, 0.5) is 11.4 Å². The highest BCUT2D eigenvalue weighted by atomic mass is 35.5. The molecule has 1 saturated heterocycles. The fourth-order valence-electron chi connectivity index (χ4n) is 3.03. The van der Waals surface area contributed by atoms with Gasteiger partial charge < -0.3 is 15.5 Å². The third-order valence-electron chi connectivity index (χ3n) is 4.62. The summed E-state index contributed by atoms with van der Waals surface area (Å²) in [7, 11) is 2.06. The quantitative estimate of drug-likeness (QED) is 0.857. The molecule has 5 nitrogen and oxygen atoms in total. The summed E-state index contributed by atoms with van der Waals surface area (Å²) in [5, 5.41) is 6.37. The highest BCUT2D eigenvalue weighted by Gasteiger charge is 2.24. The Balaban J connectivity index is 1.70. The van der Waals surface area contributed by atoms with Crippen molar-refractivity contribution >= 4 is 34.8 Å². The van der Waals surface area contributed by atoms with E-state index in [1.807, 2.05) is 6.07 Å². The Morgan fingerprint density at radius 2 is 1.65 bits per heavy atom. The molecule has 0 bridgehead atoms. The molecule has 0 unspecified atom stereocenters. The number of rotatable bonds is 4. The molecule has 0 aromatic heterocycles. The summed E-state index contributed by atoms with van der Waals surface area (Å²) < 4.78 is 0. The van der Waals surface area contributed by atoms with Gasteiger partial charge in [0, 0.05) is 16.6 Å². The van der Waals surface area contributed by atoms with E-state index in [1.165, 1.54) is 0 Å². The van der Waals surface area contributed by atoms with Crippen molar-refractivity contribution in [1.29, 1.82) is 0 Å². The Bertz CT molecular complexity index is 784. The molecular weight excluding hydrogens is 350 g/mol. The van der Waals surface area contributed by atoms with Crippen LogP contribution in [0.1, 0.15) is 23.2 Å². The molecule has 0 saturated carbocycles. The predicted octanol–water partition coefficient (Wildman–Crippen LogP) is 3.87. The largest absolute Gasteiger partial charge is 0.325 e. The van der Waals surface area contributed by atoms with E-state index >= 15 is 0 Å². The van der Waals surface area contributed by atoms with Gasteiger partial charge in [0.25, 0.3) is 5.91 Å². The topological polar surface area (TPSA) is 61.4 Å². The fraction of sp³-hybridized carbons (Fsp3) is 0.300. The number of nitrogens with zero attached hydrogens (tertiary/aromatic N) is 1. The van der Waals surface area contributed by atoms with E-state index < -0.39 is 0 Å². The average Bonchev–Trinajstić information content (AvgIpc) is 2.64. The molecule has 0 spiro atoms. The molecule has 136 valence electrons. The molecule has 1 aliphatic rings. The number of nitrogens with one attached hydrogen (secondary N) is 2. The van der Waals surface area contributed by atoms with Crippen molar-refractivity contribution in [2.75, 3.05) is 30.8 Å². The number of carbonyl (C=O) groups excluding carboxylic acids is 2. The molecule has 2 amide bonds. The summed E-state index contributed by atoms with van der Waals surface area (Å²) in [4.78, 5) is 27.4. The molecule has 1 aliphatic heterocycles. The molecule has 2 aromatic carbocycles. The Hall–Kier alpha value is -2.37. The van der Waals surface area contributed by atoms with Gasteiger partial charge in [-0.05, 0) is 69.4 Å². The molecule has 6 heteroatoms. The minimum absolute atomic E-state index is 0.0152. The molecule has 1 heterocycles. The first-order chi connectivity index (χ1) is 12.5. The van der Waals surface area contributed by atoms with Gasteiger partial charge in [-0.3, -0.25) is 9.59 Å². The van der Waals surface area contributed by atoms with E-state index in [-0.39, 0.29) is 17.7 Å². The summed E-state index contributed by atoms with van der Waals surface area (Å²) in [6, 6.07) is 13.9. The van der Waals surface area contributed by atoms with Gasteiger partial charge in [-0.2, -0.15) is 0 Å². The van der Waals surface area contributed by atoms with Crippen LogP contribution in [0.5, 0.6) is 0 Å². The van der Waals surface area contributed by atoms with Crippen LogP contribution in [-0.2, 0) is 4.79 Å². The summed E-state index contributed by atoms with van der Waals surface area (Å²) >= 11 is 5.87. The standard InChI is InChI=1S/C20H22ClN3O2/c1-24-12-10-14(11-13-24)19(25)23-18-5-3-2-4-17(18)20(26)22-16-8-6-15(21)7-9-16/h2-9,14H,10-13H2,1H3,(H,22,26)(H,23,25). The lowest BCUT2D eigenvalue weighted by molar-refractivity contribution is -0.121. The van der Waals surface area contributed by atoms with E-state index in [1.54, 1.807) is 42.5 Å². The van der Waals surface area contributed by atoms with Gasteiger partial charge in [-0.25, -0.2) is 0 Å². The van der Waals surface area contributed by atoms with Gasteiger partial charge in [-0.1, -0.05) is 23.7 Å². The van der Waals surface area contributed by atoms with Crippen LogP contribution >= 0.6 is 11.6 Å². The van der Waals surface area contributed by atoms with Gasteiger partial charge in [-0.15, -0.1) is 0 Å². The molecule has 0 radical (unpaired) electrons. The van der Waals surface area contributed by atoms with Crippen LogP contribution in [0, 0.1) is 5.92 Å². The maximum absolute atomic E-state index is 12.6. The number of carbonyl (C=O) groups is 2. The number of anilines is 2. The number of halogens is 1. The lowest BCUT2D eigenvalue weighted by Gasteiger charge is -2.28. The fourth-order valence-corrected chi connectivity index (χ4v) is 3.15. The van der Waals surface area contributed by atoms with E-state index in [0.29, 0.717) is 22.0 Å². The summed E-state index contributed by atoms with van der Waals surface area (Å²) in [6.45, 7) is 1.83. The normalized spacial score (nSPS) is 15.5.